The zero-order valence-corrected chi connectivity index (χ0v) is 18.1. The van der Waals surface area contributed by atoms with Crippen LogP contribution in [0.2, 0.25) is 10.0 Å². The lowest BCUT2D eigenvalue weighted by Crippen LogP contribution is -2.37. The minimum absolute atomic E-state index is 0.0856. The first-order valence-electron chi connectivity index (χ1n) is 9.44. The van der Waals surface area contributed by atoms with Crippen molar-refractivity contribution in [2.45, 2.75) is 45.6 Å². The van der Waals surface area contributed by atoms with E-state index in [9.17, 15) is 4.79 Å². The van der Waals surface area contributed by atoms with Gasteiger partial charge in [0.05, 0.1) is 10.0 Å². The predicted octanol–water partition coefficient (Wildman–Crippen LogP) is 7.13. The number of nitrogens with zero attached hydrogens (tertiary/aromatic N) is 1. The smallest absolute Gasteiger partial charge is 0.414 e. The van der Waals surface area contributed by atoms with Crippen molar-refractivity contribution >= 4 is 35.4 Å². The first-order chi connectivity index (χ1) is 13.2. The summed E-state index contributed by atoms with van der Waals surface area (Å²) in [7, 11) is 0. The Balaban J connectivity index is 2.01. The molecule has 0 bridgehead atoms. The van der Waals surface area contributed by atoms with Crippen molar-refractivity contribution < 1.29 is 9.53 Å². The quantitative estimate of drug-likeness (QED) is 0.531. The second-order valence-electron chi connectivity index (χ2n) is 7.92. The van der Waals surface area contributed by atoms with Crippen molar-refractivity contribution in [3.05, 3.63) is 74.9 Å². The minimum Gasteiger partial charge on any atom is -0.443 e. The Bertz CT molecular complexity index is 915. The Morgan fingerprint density at radius 2 is 1.86 bits per heavy atom. The van der Waals surface area contributed by atoms with Crippen LogP contribution < -0.4 is 0 Å². The summed E-state index contributed by atoms with van der Waals surface area (Å²) in [4.78, 5) is 14.5. The molecule has 0 spiro atoms. The number of rotatable bonds is 3. The lowest BCUT2D eigenvalue weighted by Gasteiger charge is -2.33. The number of carbonyl (C=O) groups excluding carboxylic acids is 1. The molecular weight excluding hydrogens is 393 g/mol. The van der Waals surface area contributed by atoms with Gasteiger partial charge in [-0.2, -0.15) is 0 Å². The number of hydrogen-bond donors (Lipinski definition) is 0. The second kappa shape index (κ2) is 8.18. The van der Waals surface area contributed by atoms with Crippen LogP contribution in [-0.2, 0) is 4.74 Å². The molecule has 0 heterocycles. The molecule has 0 saturated heterocycles. The molecule has 0 radical (unpaired) electrons. The highest BCUT2D eigenvalue weighted by molar-refractivity contribution is 6.42. The third-order valence-corrected chi connectivity index (χ3v) is 5.47. The van der Waals surface area contributed by atoms with Gasteiger partial charge in [-0.15, -0.1) is 0 Å². The van der Waals surface area contributed by atoms with Crippen LogP contribution in [0, 0.1) is 0 Å². The molecule has 1 aliphatic carbocycles. The fraction of sp³-hybridized carbons (Fsp3) is 0.348. The third-order valence-electron chi connectivity index (χ3n) is 4.73. The van der Waals surface area contributed by atoms with Gasteiger partial charge in [0.15, 0.2) is 0 Å². The molecule has 5 heteroatoms. The third kappa shape index (κ3) is 4.53. The van der Waals surface area contributed by atoms with Crippen LogP contribution in [0.4, 0.5) is 4.79 Å². The summed E-state index contributed by atoms with van der Waals surface area (Å²) in [5.74, 6) is 0.0856. The van der Waals surface area contributed by atoms with Crippen molar-refractivity contribution in [1.82, 2.24) is 4.90 Å². The van der Waals surface area contributed by atoms with Gasteiger partial charge in [0.25, 0.3) is 0 Å². The van der Waals surface area contributed by atoms with Crippen molar-refractivity contribution in [2.24, 2.45) is 0 Å². The highest BCUT2D eigenvalue weighted by atomic mass is 35.5. The molecule has 1 amide bonds. The van der Waals surface area contributed by atoms with Crippen LogP contribution >= 0.6 is 23.2 Å². The zero-order valence-electron chi connectivity index (χ0n) is 16.6. The molecule has 0 saturated carbocycles. The number of benzene rings is 2. The van der Waals surface area contributed by atoms with Gasteiger partial charge in [-0.3, -0.25) is 4.90 Å². The van der Waals surface area contributed by atoms with E-state index in [0.717, 1.165) is 16.8 Å². The fourth-order valence-corrected chi connectivity index (χ4v) is 3.80. The van der Waals surface area contributed by atoms with Gasteiger partial charge in [0.1, 0.15) is 5.60 Å². The Labute approximate surface area is 176 Å². The summed E-state index contributed by atoms with van der Waals surface area (Å²) in [5, 5.41) is 1.07. The molecule has 28 heavy (non-hydrogen) atoms. The topological polar surface area (TPSA) is 29.5 Å². The van der Waals surface area contributed by atoms with Crippen LogP contribution in [0.1, 0.15) is 56.7 Å². The first-order valence-corrected chi connectivity index (χ1v) is 10.2. The van der Waals surface area contributed by atoms with Gasteiger partial charge in [-0.05, 0) is 69.0 Å². The Kier molecular flexibility index (Phi) is 6.07. The van der Waals surface area contributed by atoms with E-state index in [1.54, 1.807) is 4.90 Å². The summed E-state index contributed by atoms with van der Waals surface area (Å²) >= 11 is 12.4. The molecule has 0 aliphatic heterocycles. The molecule has 1 atom stereocenters. The van der Waals surface area contributed by atoms with Crippen molar-refractivity contribution in [1.29, 1.82) is 0 Å². The lowest BCUT2D eigenvalue weighted by atomic mass is 9.80. The van der Waals surface area contributed by atoms with E-state index in [-0.39, 0.29) is 12.0 Å². The van der Waals surface area contributed by atoms with Gasteiger partial charge in [0, 0.05) is 18.2 Å². The highest BCUT2D eigenvalue weighted by Crippen LogP contribution is 2.41. The van der Waals surface area contributed by atoms with Crippen molar-refractivity contribution in [2.75, 3.05) is 6.54 Å². The summed E-state index contributed by atoms with van der Waals surface area (Å²) in [6.07, 6.45) is 2.44. The Morgan fingerprint density at radius 1 is 1.14 bits per heavy atom. The molecule has 0 unspecified atom stereocenters. The van der Waals surface area contributed by atoms with E-state index in [1.165, 1.54) is 5.56 Å². The molecule has 148 valence electrons. The molecule has 0 fully saturated rings. The molecule has 3 nitrogen and oxygen atoms in total. The van der Waals surface area contributed by atoms with Crippen LogP contribution in [0.15, 0.2) is 48.2 Å². The standard InChI is InChI=1S/C23H25Cl2NO2/c1-5-26(22(27)28-23(2,3)4)17-12-15-8-6-7-9-18(15)19(14-17)16-10-11-20(24)21(25)13-16/h6-13,19H,5,14H2,1-4H3/t19-/m0/s1. The monoisotopic (exact) mass is 417 g/mol. The zero-order chi connectivity index (χ0) is 20.5. The molecule has 1 aliphatic rings. The summed E-state index contributed by atoms with van der Waals surface area (Å²) < 4.78 is 5.62. The molecule has 2 aromatic carbocycles. The SMILES string of the molecule is CCN(C(=O)OC(C)(C)C)C1=Cc2ccccc2[C@H](c2ccc(Cl)c(Cl)c2)C1. The number of fused-ring (bicyclic) bond motifs is 1. The molecular formula is C23H25Cl2NO2. The number of amides is 1. The minimum atomic E-state index is -0.541. The Morgan fingerprint density at radius 3 is 2.50 bits per heavy atom. The lowest BCUT2D eigenvalue weighted by molar-refractivity contribution is 0.0317. The summed E-state index contributed by atoms with van der Waals surface area (Å²) in [5.41, 5.74) is 3.78. The summed E-state index contributed by atoms with van der Waals surface area (Å²) in [6.45, 7) is 8.13. The predicted molar refractivity (Wildman–Crippen MR) is 116 cm³/mol. The normalized spacial score (nSPS) is 16.2. The fourth-order valence-electron chi connectivity index (χ4n) is 3.50. The summed E-state index contributed by atoms with van der Waals surface area (Å²) in [6, 6.07) is 14.0. The van der Waals surface area contributed by atoms with E-state index in [1.807, 2.05) is 58.0 Å². The average Bonchev–Trinajstić information content (AvgIpc) is 2.62. The van der Waals surface area contributed by atoms with E-state index in [4.69, 9.17) is 27.9 Å². The van der Waals surface area contributed by atoms with E-state index >= 15 is 0 Å². The van der Waals surface area contributed by atoms with Gasteiger partial charge in [-0.1, -0.05) is 53.5 Å². The van der Waals surface area contributed by atoms with Crippen molar-refractivity contribution in [3.63, 3.8) is 0 Å². The number of allylic oxidation sites excluding steroid dienone is 1. The maximum atomic E-state index is 12.8. The highest BCUT2D eigenvalue weighted by Gasteiger charge is 2.30. The molecule has 3 rings (SSSR count). The van der Waals surface area contributed by atoms with Crippen molar-refractivity contribution in [3.8, 4) is 0 Å². The van der Waals surface area contributed by atoms with Crippen LogP contribution in [0.25, 0.3) is 6.08 Å². The number of ether oxygens (including phenoxy) is 1. The van der Waals surface area contributed by atoms with Gasteiger partial charge >= 0.3 is 6.09 Å². The van der Waals surface area contributed by atoms with E-state index in [2.05, 4.69) is 18.2 Å². The van der Waals surface area contributed by atoms with E-state index < -0.39 is 5.60 Å². The van der Waals surface area contributed by atoms with Crippen LogP contribution in [-0.4, -0.2) is 23.1 Å². The van der Waals surface area contributed by atoms with Gasteiger partial charge in [0.2, 0.25) is 0 Å². The van der Waals surface area contributed by atoms with E-state index in [0.29, 0.717) is 23.0 Å². The molecule has 2 aromatic rings. The van der Waals surface area contributed by atoms with Crippen LogP contribution in [0.5, 0.6) is 0 Å². The molecule has 0 aromatic heterocycles. The average molecular weight is 418 g/mol. The largest absolute Gasteiger partial charge is 0.443 e. The number of halogens is 2. The first kappa shape index (κ1) is 20.8. The second-order valence-corrected chi connectivity index (χ2v) is 8.73. The van der Waals surface area contributed by atoms with Gasteiger partial charge in [-0.25, -0.2) is 4.79 Å². The maximum absolute atomic E-state index is 12.8. The number of carbonyl (C=O) groups is 1. The number of hydrogen-bond acceptors (Lipinski definition) is 2. The Hall–Kier alpha value is -1.97. The molecule has 0 N–H and O–H groups in total. The maximum Gasteiger partial charge on any atom is 0.414 e. The van der Waals surface area contributed by atoms with Crippen LogP contribution in [0.3, 0.4) is 0 Å². The van der Waals surface area contributed by atoms with Gasteiger partial charge < -0.3 is 4.74 Å².